The highest BCUT2D eigenvalue weighted by Gasteiger charge is 2.07. The standard InChI is InChI=1S/C17H17FS/c1-12(15-6-8-17(18)9-7-15)10-14-4-3-5-16(11-14)13(2)19/h3-9,11-12H,10H2,1-2H3. The average Bonchev–Trinajstić information content (AvgIpc) is 2.39. The summed E-state index contributed by atoms with van der Waals surface area (Å²) in [6.07, 6.45) is 0.933. The Labute approximate surface area is 119 Å². The Morgan fingerprint density at radius 1 is 1.16 bits per heavy atom. The fourth-order valence-electron chi connectivity index (χ4n) is 2.18. The summed E-state index contributed by atoms with van der Waals surface area (Å²) >= 11 is 5.20. The van der Waals surface area contributed by atoms with E-state index in [-0.39, 0.29) is 5.82 Å². The summed E-state index contributed by atoms with van der Waals surface area (Å²) in [6.45, 7) is 4.10. The molecule has 0 fully saturated rings. The lowest BCUT2D eigenvalue weighted by atomic mass is 9.93. The molecule has 0 nitrogen and oxygen atoms in total. The van der Waals surface area contributed by atoms with E-state index in [2.05, 4.69) is 19.1 Å². The Morgan fingerprint density at radius 3 is 2.47 bits per heavy atom. The number of benzene rings is 2. The van der Waals surface area contributed by atoms with Gasteiger partial charge in [-0.2, -0.15) is 0 Å². The van der Waals surface area contributed by atoms with Crippen LogP contribution >= 0.6 is 12.2 Å². The summed E-state index contributed by atoms with van der Waals surface area (Å²) in [5.41, 5.74) is 3.53. The second-order valence-corrected chi connectivity index (χ2v) is 5.53. The smallest absolute Gasteiger partial charge is 0.123 e. The number of halogens is 1. The van der Waals surface area contributed by atoms with Crippen LogP contribution in [0.3, 0.4) is 0 Å². The molecule has 98 valence electrons. The maximum atomic E-state index is 12.9. The van der Waals surface area contributed by atoms with Crippen LogP contribution in [0, 0.1) is 5.82 Å². The van der Waals surface area contributed by atoms with Gasteiger partial charge in [0.25, 0.3) is 0 Å². The molecule has 2 rings (SSSR count). The van der Waals surface area contributed by atoms with Crippen molar-refractivity contribution in [2.45, 2.75) is 26.2 Å². The van der Waals surface area contributed by atoms with Crippen LogP contribution in [0.5, 0.6) is 0 Å². The Morgan fingerprint density at radius 2 is 1.84 bits per heavy atom. The summed E-state index contributed by atoms with van der Waals surface area (Å²) in [6, 6.07) is 15.1. The van der Waals surface area contributed by atoms with Gasteiger partial charge in [0.15, 0.2) is 0 Å². The molecule has 19 heavy (non-hydrogen) atoms. The van der Waals surface area contributed by atoms with E-state index in [0.29, 0.717) is 5.92 Å². The Balaban J connectivity index is 2.14. The highest BCUT2D eigenvalue weighted by molar-refractivity contribution is 7.80. The van der Waals surface area contributed by atoms with Crippen LogP contribution in [-0.4, -0.2) is 4.86 Å². The van der Waals surface area contributed by atoms with Gasteiger partial charge in [-0.3, -0.25) is 0 Å². The van der Waals surface area contributed by atoms with Crippen LogP contribution in [0.25, 0.3) is 0 Å². The van der Waals surface area contributed by atoms with Crippen LogP contribution in [-0.2, 0) is 6.42 Å². The summed E-state index contributed by atoms with van der Waals surface area (Å²) in [4.78, 5) is 0.913. The largest absolute Gasteiger partial charge is 0.207 e. The molecule has 0 aliphatic rings. The highest BCUT2D eigenvalue weighted by atomic mass is 32.1. The third-order valence-corrected chi connectivity index (χ3v) is 3.55. The van der Waals surface area contributed by atoms with Gasteiger partial charge >= 0.3 is 0 Å². The molecule has 0 heterocycles. The minimum Gasteiger partial charge on any atom is -0.207 e. The van der Waals surface area contributed by atoms with Crippen molar-refractivity contribution in [3.8, 4) is 0 Å². The van der Waals surface area contributed by atoms with Crippen LogP contribution in [0.15, 0.2) is 48.5 Å². The molecule has 0 spiro atoms. The Kier molecular flexibility index (Phi) is 4.43. The molecule has 0 bridgehead atoms. The van der Waals surface area contributed by atoms with Crippen molar-refractivity contribution >= 4 is 17.1 Å². The molecule has 0 aromatic heterocycles. The normalized spacial score (nSPS) is 12.2. The van der Waals surface area contributed by atoms with Crippen molar-refractivity contribution in [1.29, 1.82) is 0 Å². The van der Waals surface area contributed by atoms with E-state index in [1.165, 1.54) is 17.7 Å². The lowest BCUT2D eigenvalue weighted by molar-refractivity contribution is 0.625. The van der Waals surface area contributed by atoms with E-state index in [1.807, 2.05) is 31.2 Å². The molecule has 0 amide bonds. The fourth-order valence-corrected chi connectivity index (χ4v) is 2.31. The van der Waals surface area contributed by atoms with Gasteiger partial charge in [-0.05, 0) is 48.1 Å². The van der Waals surface area contributed by atoms with Gasteiger partial charge in [-0.25, -0.2) is 4.39 Å². The molecule has 2 aromatic carbocycles. The van der Waals surface area contributed by atoms with Crippen molar-refractivity contribution in [2.75, 3.05) is 0 Å². The molecule has 0 N–H and O–H groups in total. The maximum absolute atomic E-state index is 12.9. The number of hydrogen-bond donors (Lipinski definition) is 0. The van der Waals surface area contributed by atoms with E-state index < -0.39 is 0 Å². The first kappa shape index (κ1) is 13.9. The number of hydrogen-bond acceptors (Lipinski definition) is 1. The molecule has 0 radical (unpaired) electrons. The molecule has 0 saturated carbocycles. The lowest BCUT2D eigenvalue weighted by Gasteiger charge is -2.12. The number of thiocarbonyl (C=S) groups is 1. The molecule has 2 heteroatoms. The molecule has 1 unspecified atom stereocenters. The molecule has 0 aliphatic carbocycles. The van der Waals surface area contributed by atoms with Gasteiger partial charge in [0.1, 0.15) is 5.82 Å². The average molecular weight is 272 g/mol. The quantitative estimate of drug-likeness (QED) is 0.563. The Bertz CT molecular complexity index is 572. The van der Waals surface area contributed by atoms with Gasteiger partial charge in [0.2, 0.25) is 0 Å². The first-order valence-electron chi connectivity index (χ1n) is 6.41. The first-order chi connectivity index (χ1) is 9.06. The van der Waals surface area contributed by atoms with Gasteiger partial charge in [0.05, 0.1) is 0 Å². The van der Waals surface area contributed by atoms with Gasteiger partial charge in [0, 0.05) is 4.86 Å². The highest BCUT2D eigenvalue weighted by Crippen LogP contribution is 2.21. The van der Waals surface area contributed by atoms with Crippen molar-refractivity contribution < 1.29 is 4.39 Å². The fraction of sp³-hybridized carbons (Fsp3) is 0.235. The Hall–Kier alpha value is -1.54. The molecule has 0 aliphatic heterocycles. The van der Waals surface area contributed by atoms with Crippen LogP contribution in [0.2, 0.25) is 0 Å². The molecular weight excluding hydrogens is 255 g/mol. The minimum absolute atomic E-state index is 0.186. The van der Waals surface area contributed by atoms with Crippen molar-refractivity contribution in [3.05, 3.63) is 71.0 Å². The summed E-state index contributed by atoms with van der Waals surface area (Å²) < 4.78 is 12.9. The summed E-state index contributed by atoms with van der Waals surface area (Å²) in [5, 5.41) is 0. The first-order valence-corrected chi connectivity index (χ1v) is 6.82. The van der Waals surface area contributed by atoms with Gasteiger partial charge in [-0.1, -0.05) is 55.5 Å². The van der Waals surface area contributed by atoms with Gasteiger partial charge in [-0.15, -0.1) is 0 Å². The van der Waals surface area contributed by atoms with Crippen LogP contribution < -0.4 is 0 Å². The van der Waals surface area contributed by atoms with Crippen molar-refractivity contribution in [2.24, 2.45) is 0 Å². The predicted molar refractivity (Wildman–Crippen MR) is 82.3 cm³/mol. The second kappa shape index (κ2) is 6.07. The topological polar surface area (TPSA) is 0 Å². The van der Waals surface area contributed by atoms with E-state index >= 15 is 0 Å². The molecule has 1 atom stereocenters. The zero-order valence-electron chi connectivity index (χ0n) is 11.2. The zero-order chi connectivity index (χ0) is 13.8. The number of rotatable bonds is 4. The van der Waals surface area contributed by atoms with Crippen LogP contribution in [0.4, 0.5) is 4.39 Å². The van der Waals surface area contributed by atoms with E-state index in [9.17, 15) is 4.39 Å². The lowest BCUT2D eigenvalue weighted by Crippen LogP contribution is -2.00. The third kappa shape index (κ3) is 3.71. The second-order valence-electron chi connectivity index (χ2n) is 4.91. The predicted octanol–water partition coefficient (Wildman–Crippen LogP) is 4.91. The van der Waals surface area contributed by atoms with Crippen LogP contribution in [0.1, 0.15) is 36.5 Å². The monoisotopic (exact) mass is 272 g/mol. The van der Waals surface area contributed by atoms with Crippen molar-refractivity contribution in [3.63, 3.8) is 0 Å². The molecule has 2 aromatic rings. The van der Waals surface area contributed by atoms with E-state index in [4.69, 9.17) is 12.2 Å². The van der Waals surface area contributed by atoms with E-state index in [1.54, 1.807) is 0 Å². The summed E-state index contributed by atoms with van der Waals surface area (Å²) in [5.74, 6) is 0.176. The SMILES string of the molecule is CC(=S)c1cccc(CC(C)c2ccc(F)cc2)c1. The van der Waals surface area contributed by atoms with Gasteiger partial charge < -0.3 is 0 Å². The summed E-state index contributed by atoms with van der Waals surface area (Å²) in [7, 11) is 0. The minimum atomic E-state index is -0.186. The van der Waals surface area contributed by atoms with E-state index in [0.717, 1.165) is 22.4 Å². The zero-order valence-corrected chi connectivity index (χ0v) is 12.0. The molecule has 0 saturated heterocycles. The molecular formula is C17H17FS. The van der Waals surface area contributed by atoms with Crippen molar-refractivity contribution in [1.82, 2.24) is 0 Å². The maximum Gasteiger partial charge on any atom is 0.123 e. The third-order valence-electron chi connectivity index (χ3n) is 3.31.